The normalized spacial score (nSPS) is 12.1. The third-order valence-electron chi connectivity index (χ3n) is 3.40. The van der Waals surface area contributed by atoms with Crippen molar-refractivity contribution in [1.29, 1.82) is 0 Å². The second-order valence-corrected chi connectivity index (χ2v) is 5.37. The minimum absolute atomic E-state index is 0.0202. The highest BCUT2D eigenvalue weighted by Gasteiger charge is 2.12. The largest absolute Gasteiger partial charge is 0.469 e. The van der Waals surface area contributed by atoms with Crippen molar-refractivity contribution in [1.82, 2.24) is 15.5 Å². The minimum Gasteiger partial charge on any atom is -0.469 e. The lowest BCUT2D eigenvalue weighted by atomic mass is 10.1. The maximum atomic E-state index is 12.2. The Balaban J connectivity index is 1.63. The molecule has 3 rings (SSSR count). The molecule has 2 heterocycles. The van der Waals surface area contributed by atoms with Gasteiger partial charge in [-0.05, 0) is 31.2 Å². The van der Waals surface area contributed by atoms with E-state index in [2.05, 4.69) is 15.5 Å². The summed E-state index contributed by atoms with van der Waals surface area (Å²) in [6, 6.07) is 10.8. The van der Waals surface area contributed by atoms with Crippen molar-refractivity contribution in [2.45, 2.75) is 26.3 Å². The number of hydrogen-bond donors (Lipinski definition) is 1. The zero-order valence-electron chi connectivity index (χ0n) is 12.9. The van der Waals surface area contributed by atoms with E-state index in [4.69, 9.17) is 8.94 Å². The summed E-state index contributed by atoms with van der Waals surface area (Å²) in [6.07, 6.45) is 2.28. The maximum absolute atomic E-state index is 12.2. The van der Waals surface area contributed by atoms with E-state index in [0.29, 0.717) is 23.7 Å². The van der Waals surface area contributed by atoms with Crippen LogP contribution in [-0.4, -0.2) is 22.1 Å². The number of furan rings is 1. The summed E-state index contributed by atoms with van der Waals surface area (Å²) >= 11 is 0. The number of nitrogens with one attached hydrogen (secondary N) is 1. The van der Waals surface area contributed by atoms with Crippen LogP contribution in [-0.2, 0) is 6.42 Å². The molecule has 118 valence electrons. The van der Waals surface area contributed by atoms with Crippen molar-refractivity contribution in [3.63, 3.8) is 0 Å². The van der Waals surface area contributed by atoms with Gasteiger partial charge in [-0.15, -0.1) is 0 Å². The average molecular weight is 311 g/mol. The van der Waals surface area contributed by atoms with Gasteiger partial charge in [0.1, 0.15) is 5.76 Å². The number of amides is 1. The van der Waals surface area contributed by atoms with E-state index in [-0.39, 0.29) is 11.9 Å². The standard InChI is InChI=1S/C17H17N3O3/c1-11(10-15-4-3-9-22-15)18-17(21)14-7-5-13(6-8-14)16-19-12(2)23-20-16/h3-9,11H,10H2,1-2H3,(H,18,21)/t11-/m0/s1. The number of aromatic nitrogens is 2. The Morgan fingerprint density at radius 1 is 1.26 bits per heavy atom. The third-order valence-corrected chi connectivity index (χ3v) is 3.40. The predicted molar refractivity (Wildman–Crippen MR) is 83.8 cm³/mol. The lowest BCUT2D eigenvalue weighted by Gasteiger charge is -2.12. The van der Waals surface area contributed by atoms with Gasteiger partial charge < -0.3 is 14.3 Å². The van der Waals surface area contributed by atoms with E-state index < -0.39 is 0 Å². The van der Waals surface area contributed by atoms with Gasteiger partial charge in [-0.3, -0.25) is 4.79 Å². The fraction of sp³-hybridized carbons (Fsp3) is 0.235. The van der Waals surface area contributed by atoms with Crippen LogP contribution in [0.5, 0.6) is 0 Å². The molecule has 1 atom stereocenters. The summed E-state index contributed by atoms with van der Waals surface area (Å²) in [5.41, 5.74) is 1.39. The first-order valence-electron chi connectivity index (χ1n) is 7.36. The molecular weight excluding hydrogens is 294 g/mol. The molecule has 1 aromatic carbocycles. The predicted octanol–water partition coefficient (Wildman–Crippen LogP) is 3.00. The summed E-state index contributed by atoms with van der Waals surface area (Å²) < 4.78 is 10.2. The summed E-state index contributed by atoms with van der Waals surface area (Å²) in [5, 5.41) is 6.80. The van der Waals surface area contributed by atoms with Gasteiger partial charge in [0, 0.05) is 30.5 Å². The summed E-state index contributed by atoms with van der Waals surface area (Å²) in [4.78, 5) is 16.4. The average Bonchev–Trinajstić information content (AvgIpc) is 3.19. The van der Waals surface area contributed by atoms with Gasteiger partial charge in [0.25, 0.3) is 5.91 Å². The topological polar surface area (TPSA) is 81.2 Å². The van der Waals surface area contributed by atoms with Crippen LogP contribution in [0.1, 0.15) is 28.9 Å². The quantitative estimate of drug-likeness (QED) is 0.783. The molecule has 6 heteroatoms. The van der Waals surface area contributed by atoms with Crippen LogP contribution in [0.2, 0.25) is 0 Å². The number of aryl methyl sites for hydroxylation is 1. The Morgan fingerprint density at radius 2 is 2.04 bits per heavy atom. The van der Waals surface area contributed by atoms with Crippen LogP contribution >= 0.6 is 0 Å². The van der Waals surface area contributed by atoms with Crippen LogP contribution in [0.15, 0.2) is 51.6 Å². The highest BCUT2D eigenvalue weighted by Crippen LogP contribution is 2.16. The lowest BCUT2D eigenvalue weighted by molar-refractivity contribution is 0.0939. The number of carbonyl (C=O) groups excluding carboxylic acids is 1. The molecule has 0 saturated carbocycles. The Labute approximate surface area is 133 Å². The van der Waals surface area contributed by atoms with Crippen LogP contribution in [0.25, 0.3) is 11.4 Å². The Morgan fingerprint density at radius 3 is 2.65 bits per heavy atom. The van der Waals surface area contributed by atoms with Gasteiger partial charge in [-0.2, -0.15) is 4.98 Å². The molecule has 0 aliphatic carbocycles. The molecule has 2 aromatic heterocycles. The molecule has 6 nitrogen and oxygen atoms in total. The molecule has 0 saturated heterocycles. The monoisotopic (exact) mass is 311 g/mol. The zero-order valence-corrected chi connectivity index (χ0v) is 12.9. The van der Waals surface area contributed by atoms with Crippen molar-refractivity contribution >= 4 is 5.91 Å². The van der Waals surface area contributed by atoms with E-state index in [1.807, 2.05) is 19.1 Å². The van der Waals surface area contributed by atoms with E-state index in [1.165, 1.54) is 0 Å². The molecule has 0 aliphatic heterocycles. The van der Waals surface area contributed by atoms with E-state index >= 15 is 0 Å². The van der Waals surface area contributed by atoms with Gasteiger partial charge in [0.15, 0.2) is 0 Å². The third kappa shape index (κ3) is 3.66. The van der Waals surface area contributed by atoms with Crippen molar-refractivity contribution in [2.24, 2.45) is 0 Å². The summed E-state index contributed by atoms with van der Waals surface area (Å²) in [6.45, 7) is 3.68. The van der Waals surface area contributed by atoms with E-state index in [0.717, 1.165) is 11.3 Å². The number of nitrogens with zero attached hydrogens (tertiary/aromatic N) is 2. The number of rotatable bonds is 5. The first-order chi connectivity index (χ1) is 11.1. The van der Waals surface area contributed by atoms with Gasteiger partial charge in [0.2, 0.25) is 11.7 Å². The molecule has 0 unspecified atom stereocenters. The van der Waals surface area contributed by atoms with Crippen molar-refractivity contribution in [3.05, 3.63) is 59.9 Å². The summed E-state index contributed by atoms with van der Waals surface area (Å²) in [5.74, 6) is 1.75. The van der Waals surface area contributed by atoms with Crippen molar-refractivity contribution < 1.29 is 13.7 Å². The molecular formula is C17H17N3O3. The molecule has 1 N–H and O–H groups in total. The minimum atomic E-state index is -0.125. The van der Waals surface area contributed by atoms with Gasteiger partial charge in [-0.25, -0.2) is 0 Å². The fourth-order valence-corrected chi connectivity index (χ4v) is 2.28. The smallest absolute Gasteiger partial charge is 0.251 e. The zero-order chi connectivity index (χ0) is 16.2. The molecule has 3 aromatic rings. The molecule has 0 aliphatic rings. The number of hydrogen-bond acceptors (Lipinski definition) is 5. The molecule has 0 bridgehead atoms. The first kappa shape index (κ1) is 15.0. The molecule has 23 heavy (non-hydrogen) atoms. The molecule has 1 amide bonds. The highest BCUT2D eigenvalue weighted by molar-refractivity contribution is 5.94. The van der Waals surface area contributed by atoms with E-state index in [1.54, 1.807) is 37.5 Å². The first-order valence-corrected chi connectivity index (χ1v) is 7.36. The highest BCUT2D eigenvalue weighted by atomic mass is 16.5. The van der Waals surface area contributed by atoms with Crippen molar-refractivity contribution in [2.75, 3.05) is 0 Å². The van der Waals surface area contributed by atoms with Crippen LogP contribution in [0, 0.1) is 6.92 Å². The second kappa shape index (κ2) is 6.48. The van der Waals surface area contributed by atoms with Crippen LogP contribution in [0.3, 0.4) is 0 Å². The molecule has 0 radical (unpaired) electrons. The fourth-order valence-electron chi connectivity index (χ4n) is 2.28. The Hall–Kier alpha value is -2.89. The summed E-state index contributed by atoms with van der Waals surface area (Å²) in [7, 11) is 0. The molecule has 0 spiro atoms. The molecule has 0 fully saturated rings. The maximum Gasteiger partial charge on any atom is 0.251 e. The Bertz CT molecular complexity index is 776. The van der Waals surface area contributed by atoms with Gasteiger partial charge >= 0.3 is 0 Å². The number of carbonyl (C=O) groups is 1. The van der Waals surface area contributed by atoms with Crippen LogP contribution < -0.4 is 5.32 Å². The van der Waals surface area contributed by atoms with Crippen LogP contribution in [0.4, 0.5) is 0 Å². The Kier molecular flexibility index (Phi) is 4.23. The SMILES string of the molecule is Cc1nc(-c2ccc(C(=O)N[C@@H](C)Cc3ccco3)cc2)no1. The van der Waals surface area contributed by atoms with E-state index in [9.17, 15) is 4.79 Å². The number of benzene rings is 1. The van der Waals surface area contributed by atoms with Gasteiger partial charge in [-0.1, -0.05) is 17.3 Å². The van der Waals surface area contributed by atoms with Gasteiger partial charge in [0.05, 0.1) is 6.26 Å². The second-order valence-electron chi connectivity index (χ2n) is 5.37. The van der Waals surface area contributed by atoms with Crippen molar-refractivity contribution in [3.8, 4) is 11.4 Å². The lowest BCUT2D eigenvalue weighted by Crippen LogP contribution is -2.33.